The minimum absolute atomic E-state index is 0.0149. The largest absolute Gasteiger partial charge is 0.282 e. The van der Waals surface area contributed by atoms with Gasteiger partial charge in [-0.3, -0.25) is 14.5 Å². The number of piperidine rings is 1. The highest BCUT2D eigenvalue weighted by Crippen LogP contribution is 2.63. The van der Waals surface area contributed by atoms with E-state index in [0.29, 0.717) is 18.1 Å². The number of hydrogen-bond acceptors (Lipinski definition) is 5. The van der Waals surface area contributed by atoms with Crippen LogP contribution < -0.4 is 0 Å². The van der Waals surface area contributed by atoms with Crippen LogP contribution in [-0.4, -0.2) is 33.2 Å². The van der Waals surface area contributed by atoms with Crippen LogP contribution in [0.15, 0.2) is 12.4 Å². The summed E-state index contributed by atoms with van der Waals surface area (Å²) in [5.74, 6) is -0.247. The molecule has 1 aliphatic heterocycles. The highest BCUT2D eigenvalue weighted by Gasteiger charge is 2.72. The molecule has 2 aromatic rings. The SMILES string of the molecule is CC1(C)C2C(=O)N(CCc3cc4ncnc(Cl)c4s3)C(=O)C21. The molecule has 2 fully saturated rings. The summed E-state index contributed by atoms with van der Waals surface area (Å²) >= 11 is 7.56. The third-order valence-electron chi connectivity index (χ3n) is 4.79. The third-order valence-corrected chi connectivity index (χ3v) is 6.38. The molecule has 1 aliphatic carbocycles. The summed E-state index contributed by atoms with van der Waals surface area (Å²) in [5, 5.41) is 0.442. The van der Waals surface area contributed by atoms with Gasteiger partial charge in [-0.25, -0.2) is 9.97 Å². The molecule has 0 N–H and O–H groups in total. The van der Waals surface area contributed by atoms with E-state index in [1.165, 1.54) is 22.6 Å². The Hall–Kier alpha value is -1.53. The fourth-order valence-electron chi connectivity index (χ4n) is 3.44. The molecule has 2 aromatic heterocycles. The summed E-state index contributed by atoms with van der Waals surface area (Å²) in [6.45, 7) is 4.41. The number of fused-ring (bicyclic) bond motifs is 2. The monoisotopic (exact) mass is 335 g/mol. The van der Waals surface area contributed by atoms with Gasteiger partial charge in [0.05, 0.1) is 22.1 Å². The lowest BCUT2D eigenvalue weighted by Gasteiger charge is -2.19. The van der Waals surface area contributed by atoms with Gasteiger partial charge in [-0.2, -0.15) is 0 Å². The number of rotatable bonds is 3. The molecule has 0 radical (unpaired) electrons. The summed E-state index contributed by atoms with van der Waals surface area (Å²) in [6, 6.07) is 1.95. The van der Waals surface area contributed by atoms with Gasteiger partial charge in [0.15, 0.2) is 0 Å². The molecule has 2 amide bonds. The van der Waals surface area contributed by atoms with Gasteiger partial charge < -0.3 is 0 Å². The number of carbonyl (C=O) groups is 2. The first-order chi connectivity index (χ1) is 10.4. The molecule has 22 heavy (non-hydrogen) atoms. The fraction of sp³-hybridized carbons (Fsp3) is 0.467. The Morgan fingerprint density at radius 1 is 1.27 bits per heavy atom. The van der Waals surface area contributed by atoms with Crippen molar-refractivity contribution in [3.63, 3.8) is 0 Å². The van der Waals surface area contributed by atoms with Crippen LogP contribution in [0, 0.1) is 17.3 Å². The van der Waals surface area contributed by atoms with Gasteiger partial charge in [-0.15, -0.1) is 11.3 Å². The number of likely N-dealkylation sites (tertiary alicyclic amines) is 1. The first-order valence-electron chi connectivity index (χ1n) is 7.15. The maximum atomic E-state index is 12.3. The number of nitrogens with zero attached hydrogens (tertiary/aromatic N) is 3. The minimum atomic E-state index is -0.147. The van der Waals surface area contributed by atoms with Crippen LogP contribution in [-0.2, 0) is 16.0 Å². The molecule has 7 heteroatoms. The van der Waals surface area contributed by atoms with Crippen molar-refractivity contribution in [3.05, 3.63) is 22.4 Å². The first kappa shape index (κ1) is 14.1. The second kappa shape index (κ2) is 4.49. The van der Waals surface area contributed by atoms with E-state index >= 15 is 0 Å². The number of aromatic nitrogens is 2. The van der Waals surface area contributed by atoms with Crippen molar-refractivity contribution in [3.8, 4) is 0 Å². The average molecular weight is 336 g/mol. The van der Waals surface area contributed by atoms with E-state index in [9.17, 15) is 9.59 Å². The quantitative estimate of drug-likeness (QED) is 0.638. The van der Waals surface area contributed by atoms with E-state index in [0.717, 1.165) is 15.1 Å². The number of halogens is 1. The van der Waals surface area contributed by atoms with E-state index in [1.807, 2.05) is 19.9 Å². The van der Waals surface area contributed by atoms with E-state index in [2.05, 4.69) is 9.97 Å². The Labute approximate surface area is 136 Å². The molecule has 1 saturated carbocycles. The summed E-state index contributed by atoms with van der Waals surface area (Å²) in [6.07, 6.45) is 2.07. The zero-order chi connectivity index (χ0) is 15.6. The van der Waals surface area contributed by atoms with E-state index < -0.39 is 0 Å². The van der Waals surface area contributed by atoms with Crippen molar-refractivity contribution >= 4 is 45.0 Å². The Morgan fingerprint density at radius 3 is 2.59 bits per heavy atom. The predicted molar refractivity (Wildman–Crippen MR) is 83.6 cm³/mol. The van der Waals surface area contributed by atoms with Crippen LogP contribution in [0.4, 0.5) is 0 Å². The third kappa shape index (κ3) is 1.83. The molecule has 114 valence electrons. The number of imide groups is 1. The van der Waals surface area contributed by atoms with Crippen molar-refractivity contribution in [2.24, 2.45) is 17.3 Å². The zero-order valence-corrected chi connectivity index (χ0v) is 13.7. The molecule has 2 atom stereocenters. The Kier molecular flexibility index (Phi) is 2.87. The topological polar surface area (TPSA) is 63.2 Å². The van der Waals surface area contributed by atoms with Crippen molar-refractivity contribution in [2.45, 2.75) is 20.3 Å². The van der Waals surface area contributed by atoms with Crippen LogP contribution in [0.3, 0.4) is 0 Å². The summed E-state index contributed by atoms with van der Waals surface area (Å²) in [4.78, 5) is 35.2. The lowest BCUT2D eigenvalue weighted by Crippen LogP contribution is -2.37. The lowest BCUT2D eigenvalue weighted by atomic mass is 10.1. The van der Waals surface area contributed by atoms with Gasteiger partial charge in [-0.1, -0.05) is 25.4 Å². The Morgan fingerprint density at radius 2 is 1.95 bits per heavy atom. The number of amides is 2. The number of thiophene rings is 1. The first-order valence-corrected chi connectivity index (χ1v) is 8.35. The second-order valence-electron chi connectivity index (χ2n) is 6.45. The van der Waals surface area contributed by atoms with Crippen molar-refractivity contribution in [1.29, 1.82) is 0 Å². The van der Waals surface area contributed by atoms with Crippen LogP contribution in [0.5, 0.6) is 0 Å². The summed E-state index contributed by atoms with van der Waals surface area (Å²) in [7, 11) is 0. The maximum absolute atomic E-state index is 12.3. The van der Waals surface area contributed by atoms with Crippen LogP contribution in [0.1, 0.15) is 18.7 Å². The van der Waals surface area contributed by atoms with E-state index in [-0.39, 0.29) is 29.1 Å². The molecule has 3 heterocycles. The molecule has 1 saturated heterocycles. The molecular weight excluding hydrogens is 322 g/mol. The standard InChI is InChI=1S/C15H14ClN3O2S/c1-15(2)9-10(15)14(21)19(13(9)20)4-3-7-5-8-11(22-7)12(16)18-6-17-8/h5-6,9-10H,3-4H2,1-2H3. The fourth-order valence-corrected chi connectivity index (χ4v) is 4.68. The van der Waals surface area contributed by atoms with Crippen molar-refractivity contribution < 1.29 is 9.59 Å². The second-order valence-corrected chi connectivity index (χ2v) is 7.94. The van der Waals surface area contributed by atoms with Crippen LogP contribution >= 0.6 is 22.9 Å². The Bertz CT molecular complexity index is 792. The minimum Gasteiger partial charge on any atom is -0.282 e. The van der Waals surface area contributed by atoms with Gasteiger partial charge in [-0.05, 0) is 11.5 Å². The van der Waals surface area contributed by atoms with E-state index in [4.69, 9.17) is 11.6 Å². The summed E-state index contributed by atoms with van der Waals surface area (Å²) in [5.41, 5.74) is 0.661. The van der Waals surface area contributed by atoms with Crippen LogP contribution in [0.25, 0.3) is 10.2 Å². The predicted octanol–water partition coefficient (Wildman–Crippen LogP) is 2.53. The van der Waals surface area contributed by atoms with Gasteiger partial charge in [0.2, 0.25) is 11.8 Å². The molecule has 5 nitrogen and oxygen atoms in total. The smallest absolute Gasteiger partial charge is 0.233 e. The van der Waals surface area contributed by atoms with Gasteiger partial charge >= 0.3 is 0 Å². The maximum Gasteiger partial charge on any atom is 0.233 e. The Balaban J connectivity index is 1.50. The molecule has 4 rings (SSSR count). The molecule has 0 aromatic carbocycles. The van der Waals surface area contributed by atoms with Crippen molar-refractivity contribution in [2.75, 3.05) is 6.54 Å². The molecular formula is C15H14ClN3O2S. The van der Waals surface area contributed by atoms with Crippen molar-refractivity contribution in [1.82, 2.24) is 14.9 Å². The van der Waals surface area contributed by atoms with E-state index in [1.54, 1.807) is 0 Å². The van der Waals surface area contributed by atoms with Gasteiger partial charge in [0, 0.05) is 17.8 Å². The summed E-state index contributed by atoms with van der Waals surface area (Å²) < 4.78 is 0.849. The highest BCUT2D eigenvalue weighted by molar-refractivity contribution is 7.19. The number of hydrogen-bond donors (Lipinski definition) is 0. The zero-order valence-electron chi connectivity index (χ0n) is 12.2. The number of carbonyl (C=O) groups excluding carboxylic acids is 2. The highest BCUT2D eigenvalue weighted by atomic mass is 35.5. The molecule has 0 bridgehead atoms. The molecule has 2 unspecified atom stereocenters. The lowest BCUT2D eigenvalue weighted by molar-refractivity contribution is -0.142. The molecule has 2 aliphatic rings. The normalized spacial score (nSPS) is 25.9. The van der Waals surface area contributed by atoms with Gasteiger partial charge in [0.1, 0.15) is 11.5 Å². The van der Waals surface area contributed by atoms with Crippen LogP contribution in [0.2, 0.25) is 5.15 Å². The van der Waals surface area contributed by atoms with Gasteiger partial charge in [0.25, 0.3) is 0 Å². The average Bonchev–Trinajstić information content (AvgIpc) is 2.76. The molecule has 0 spiro atoms.